The van der Waals surface area contributed by atoms with E-state index >= 15 is 0 Å². The number of hydrogen-bond acceptors (Lipinski definition) is 3. The van der Waals surface area contributed by atoms with Crippen LogP contribution in [-0.2, 0) is 0 Å². The van der Waals surface area contributed by atoms with Gasteiger partial charge in [0.15, 0.2) is 0 Å². The number of hydrogen-bond donors (Lipinski definition) is 2. The maximum atomic E-state index is 12.9. The molecule has 0 saturated carbocycles. The molecule has 19 heavy (non-hydrogen) atoms. The van der Waals surface area contributed by atoms with E-state index in [2.05, 4.69) is 20.3 Å². The average molecular weight is 260 g/mol. The standard InChI is InChI=1S/C14H17FN4/c1-9-13(12-3-2-11(15)8-17-12)19-14(18-9)10-4-6-16-7-5-10/h2-3,8,10,16H,4-7H2,1H3,(H,18,19). The third kappa shape index (κ3) is 2.51. The quantitative estimate of drug-likeness (QED) is 0.871. The lowest BCUT2D eigenvalue weighted by molar-refractivity contribution is 0.447. The second-order valence-corrected chi connectivity index (χ2v) is 4.98. The average Bonchev–Trinajstić information content (AvgIpc) is 2.83. The summed E-state index contributed by atoms with van der Waals surface area (Å²) >= 11 is 0. The molecule has 0 bridgehead atoms. The molecule has 0 aromatic carbocycles. The summed E-state index contributed by atoms with van der Waals surface area (Å²) in [7, 11) is 0. The van der Waals surface area contributed by atoms with Gasteiger partial charge in [-0.15, -0.1) is 0 Å². The van der Waals surface area contributed by atoms with Crippen LogP contribution in [0.3, 0.4) is 0 Å². The van der Waals surface area contributed by atoms with Crippen LogP contribution in [0.2, 0.25) is 0 Å². The lowest BCUT2D eigenvalue weighted by Crippen LogP contribution is -2.27. The zero-order valence-electron chi connectivity index (χ0n) is 10.9. The van der Waals surface area contributed by atoms with Crippen molar-refractivity contribution in [3.63, 3.8) is 0 Å². The summed E-state index contributed by atoms with van der Waals surface area (Å²) in [4.78, 5) is 12.1. The summed E-state index contributed by atoms with van der Waals surface area (Å²) in [6.45, 7) is 4.06. The molecular weight excluding hydrogens is 243 g/mol. The monoisotopic (exact) mass is 260 g/mol. The first-order chi connectivity index (χ1) is 9.24. The second-order valence-electron chi connectivity index (χ2n) is 4.98. The molecule has 0 spiro atoms. The first-order valence-electron chi connectivity index (χ1n) is 6.63. The van der Waals surface area contributed by atoms with Crippen LogP contribution in [0.4, 0.5) is 4.39 Å². The number of H-pyrrole nitrogens is 1. The van der Waals surface area contributed by atoms with Crippen molar-refractivity contribution < 1.29 is 4.39 Å². The van der Waals surface area contributed by atoms with Crippen molar-refractivity contribution in [2.75, 3.05) is 13.1 Å². The molecule has 0 atom stereocenters. The van der Waals surface area contributed by atoms with Gasteiger partial charge in [0.25, 0.3) is 0 Å². The minimum Gasteiger partial charge on any atom is -0.345 e. The van der Waals surface area contributed by atoms with Gasteiger partial charge in [-0.05, 0) is 45.0 Å². The highest BCUT2D eigenvalue weighted by Gasteiger charge is 2.20. The van der Waals surface area contributed by atoms with Gasteiger partial charge in [0, 0.05) is 11.6 Å². The van der Waals surface area contributed by atoms with Crippen molar-refractivity contribution in [1.29, 1.82) is 0 Å². The molecule has 3 heterocycles. The summed E-state index contributed by atoms with van der Waals surface area (Å²) in [6.07, 6.45) is 3.43. The molecule has 1 saturated heterocycles. The molecule has 1 aliphatic rings. The molecule has 0 amide bonds. The molecule has 1 aliphatic heterocycles. The van der Waals surface area contributed by atoms with E-state index in [0.29, 0.717) is 5.92 Å². The summed E-state index contributed by atoms with van der Waals surface area (Å²) < 4.78 is 12.9. The highest BCUT2D eigenvalue weighted by atomic mass is 19.1. The largest absolute Gasteiger partial charge is 0.345 e. The molecule has 0 aliphatic carbocycles. The van der Waals surface area contributed by atoms with E-state index < -0.39 is 0 Å². The number of nitrogens with one attached hydrogen (secondary N) is 2. The van der Waals surface area contributed by atoms with Crippen molar-refractivity contribution in [3.05, 3.63) is 35.7 Å². The molecule has 2 N–H and O–H groups in total. The van der Waals surface area contributed by atoms with Gasteiger partial charge in [-0.1, -0.05) is 0 Å². The van der Waals surface area contributed by atoms with E-state index in [-0.39, 0.29) is 5.82 Å². The lowest BCUT2D eigenvalue weighted by atomic mass is 9.98. The van der Waals surface area contributed by atoms with E-state index in [4.69, 9.17) is 0 Å². The fourth-order valence-electron chi connectivity index (χ4n) is 2.54. The molecule has 2 aromatic heterocycles. The molecule has 100 valence electrons. The predicted octanol–water partition coefficient (Wildman–Crippen LogP) is 2.39. The normalized spacial score (nSPS) is 16.7. The predicted molar refractivity (Wildman–Crippen MR) is 71.4 cm³/mol. The first-order valence-corrected chi connectivity index (χ1v) is 6.63. The fourth-order valence-corrected chi connectivity index (χ4v) is 2.54. The van der Waals surface area contributed by atoms with Gasteiger partial charge in [-0.3, -0.25) is 4.98 Å². The Morgan fingerprint density at radius 2 is 2.05 bits per heavy atom. The molecular formula is C14H17FN4. The number of nitrogens with zero attached hydrogens (tertiary/aromatic N) is 2. The van der Waals surface area contributed by atoms with Crippen LogP contribution in [-0.4, -0.2) is 28.0 Å². The number of rotatable bonds is 2. The molecule has 2 aromatic rings. The topological polar surface area (TPSA) is 53.6 Å². The van der Waals surface area contributed by atoms with Gasteiger partial charge < -0.3 is 10.3 Å². The number of halogens is 1. The van der Waals surface area contributed by atoms with Crippen LogP contribution in [0.15, 0.2) is 18.3 Å². The Balaban J connectivity index is 1.90. The van der Waals surface area contributed by atoms with E-state index in [1.54, 1.807) is 6.07 Å². The zero-order valence-corrected chi connectivity index (χ0v) is 10.9. The highest BCUT2D eigenvalue weighted by molar-refractivity contribution is 5.57. The Kier molecular flexibility index (Phi) is 3.29. The minimum atomic E-state index is -0.324. The van der Waals surface area contributed by atoms with E-state index in [1.165, 1.54) is 12.3 Å². The fraction of sp³-hybridized carbons (Fsp3) is 0.429. The number of piperidine rings is 1. The Bertz CT molecular complexity index is 555. The molecule has 0 radical (unpaired) electrons. The van der Waals surface area contributed by atoms with Crippen LogP contribution in [0, 0.1) is 12.7 Å². The van der Waals surface area contributed by atoms with E-state index in [1.807, 2.05) is 6.92 Å². The SMILES string of the molecule is Cc1[nH]c(C2CCNCC2)nc1-c1ccc(F)cn1. The molecule has 5 heteroatoms. The highest BCUT2D eigenvalue weighted by Crippen LogP contribution is 2.27. The van der Waals surface area contributed by atoms with E-state index in [0.717, 1.165) is 48.8 Å². The molecule has 3 rings (SSSR count). The van der Waals surface area contributed by atoms with Gasteiger partial charge in [0.05, 0.1) is 11.9 Å². The first kappa shape index (κ1) is 12.3. The zero-order chi connectivity index (χ0) is 13.2. The smallest absolute Gasteiger partial charge is 0.141 e. The summed E-state index contributed by atoms with van der Waals surface area (Å²) in [5.41, 5.74) is 2.54. The number of aromatic amines is 1. The maximum Gasteiger partial charge on any atom is 0.141 e. The Morgan fingerprint density at radius 1 is 1.26 bits per heavy atom. The van der Waals surface area contributed by atoms with Crippen molar-refractivity contribution >= 4 is 0 Å². The number of pyridine rings is 1. The van der Waals surface area contributed by atoms with Crippen LogP contribution >= 0.6 is 0 Å². The Morgan fingerprint density at radius 3 is 2.74 bits per heavy atom. The Labute approximate surface area is 111 Å². The van der Waals surface area contributed by atoms with Crippen molar-refractivity contribution in [3.8, 4) is 11.4 Å². The maximum absolute atomic E-state index is 12.9. The lowest BCUT2D eigenvalue weighted by Gasteiger charge is -2.20. The Hall–Kier alpha value is -1.75. The number of imidazole rings is 1. The van der Waals surface area contributed by atoms with Gasteiger partial charge in [0.2, 0.25) is 0 Å². The second kappa shape index (κ2) is 5.09. The summed E-state index contributed by atoms with van der Waals surface area (Å²) in [6, 6.07) is 3.09. The van der Waals surface area contributed by atoms with Crippen molar-refractivity contribution in [2.24, 2.45) is 0 Å². The molecule has 1 fully saturated rings. The van der Waals surface area contributed by atoms with Gasteiger partial charge >= 0.3 is 0 Å². The molecule has 4 nitrogen and oxygen atoms in total. The number of aromatic nitrogens is 3. The van der Waals surface area contributed by atoms with Crippen molar-refractivity contribution in [2.45, 2.75) is 25.7 Å². The molecule has 0 unspecified atom stereocenters. The van der Waals surface area contributed by atoms with Crippen LogP contribution in [0.1, 0.15) is 30.3 Å². The van der Waals surface area contributed by atoms with Gasteiger partial charge in [0.1, 0.15) is 17.3 Å². The van der Waals surface area contributed by atoms with Gasteiger partial charge in [-0.2, -0.15) is 0 Å². The van der Waals surface area contributed by atoms with Crippen LogP contribution < -0.4 is 5.32 Å². The van der Waals surface area contributed by atoms with Crippen LogP contribution in [0.5, 0.6) is 0 Å². The third-order valence-electron chi connectivity index (χ3n) is 3.60. The summed E-state index contributed by atoms with van der Waals surface area (Å²) in [5.74, 6) is 1.18. The number of aryl methyl sites for hydroxylation is 1. The van der Waals surface area contributed by atoms with Crippen LogP contribution in [0.25, 0.3) is 11.4 Å². The van der Waals surface area contributed by atoms with E-state index in [9.17, 15) is 4.39 Å². The third-order valence-corrected chi connectivity index (χ3v) is 3.60. The van der Waals surface area contributed by atoms with Gasteiger partial charge in [-0.25, -0.2) is 9.37 Å². The summed E-state index contributed by atoms with van der Waals surface area (Å²) in [5, 5.41) is 3.35. The minimum absolute atomic E-state index is 0.324. The van der Waals surface area contributed by atoms with Crippen molar-refractivity contribution in [1.82, 2.24) is 20.3 Å².